The second kappa shape index (κ2) is 11.8. The molecule has 1 saturated heterocycles. The fourth-order valence-corrected chi connectivity index (χ4v) is 3.94. The molecule has 3 N–H and O–H groups in total. The minimum absolute atomic E-state index is 0.0202. The normalized spacial score (nSPS) is 15.1. The molecule has 2 heterocycles. The molecule has 3 rings (SSSR count). The van der Waals surface area contributed by atoms with Gasteiger partial charge in [0.15, 0.2) is 16.8 Å². The van der Waals surface area contributed by atoms with Crippen molar-refractivity contribution in [1.29, 1.82) is 0 Å². The first kappa shape index (κ1) is 26.1. The van der Waals surface area contributed by atoms with Crippen LogP contribution in [0.5, 0.6) is 0 Å². The van der Waals surface area contributed by atoms with Crippen LogP contribution in [0, 0.1) is 11.6 Å². The number of anilines is 3. The average molecular weight is 512 g/mol. The highest BCUT2D eigenvalue weighted by Gasteiger charge is 2.33. The molecule has 0 aliphatic carbocycles. The minimum atomic E-state index is -0.838. The first-order chi connectivity index (χ1) is 16.7. The van der Waals surface area contributed by atoms with Crippen molar-refractivity contribution >= 4 is 45.9 Å². The maximum Gasteiger partial charge on any atom is 0.414 e. The van der Waals surface area contributed by atoms with E-state index in [1.54, 1.807) is 18.5 Å². The van der Waals surface area contributed by atoms with Crippen LogP contribution in [0.15, 0.2) is 23.7 Å². The summed E-state index contributed by atoms with van der Waals surface area (Å²) < 4.78 is 35.1. The molecule has 0 saturated carbocycles. The Balaban J connectivity index is 1.60. The molecule has 1 aromatic heterocycles. The van der Waals surface area contributed by atoms with Gasteiger partial charge in [0.25, 0.3) is 0 Å². The number of aromatic nitrogens is 1. The van der Waals surface area contributed by atoms with E-state index in [2.05, 4.69) is 21.0 Å². The molecule has 35 heavy (non-hydrogen) atoms. The van der Waals surface area contributed by atoms with Crippen LogP contribution < -0.4 is 25.9 Å². The lowest BCUT2D eigenvalue weighted by Crippen LogP contribution is -2.45. The molecular formula is C21H27F2N7O4S. The van der Waals surface area contributed by atoms with E-state index < -0.39 is 29.9 Å². The van der Waals surface area contributed by atoms with Crippen LogP contribution in [0.25, 0.3) is 0 Å². The SMILES string of the molecule is CCN(CCNN(C)C(=O)Nc1nccs1)c1c(F)cc(N2C[C@H](CNC(C)=O)OC2=O)cc1F. The summed E-state index contributed by atoms with van der Waals surface area (Å²) in [6.07, 6.45) is 0.195. The lowest BCUT2D eigenvalue weighted by molar-refractivity contribution is -0.119. The third kappa shape index (κ3) is 6.76. The first-order valence-corrected chi connectivity index (χ1v) is 11.7. The molecule has 1 aromatic carbocycles. The molecule has 0 bridgehead atoms. The number of halogens is 2. The Kier molecular flexibility index (Phi) is 8.76. The van der Waals surface area contributed by atoms with E-state index in [-0.39, 0.29) is 43.5 Å². The van der Waals surface area contributed by atoms with Gasteiger partial charge in [-0.3, -0.25) is 20.0 Å². The number of benzene rings is 1. The van der Waals surface area contributed by atoms with Gasteiger partial charge in [-0.05, 0) is 6.92 Å². The summed E-state index contributed by atoms with van der Waals surface area (Å²) in [6.45, 7) is 3.96. The second-order valence-electron chi connectivity index (χ2n) is 7.63. The van der Waals surface area contributed by atoms with E-state index in [1.807, 2.05) is 0 Å². The van der Waals surface area contributed by atoms with E-state index in [4.69, 9.17) is 4.74 Å². The quantitative estimate of drug-likeness (QED) is 0.419. The van der Waals surface area contributed by atoms with Gasteiger partial charge in [0.2, 0.25) is 5.91 Å². The van der Waals surface area contributed by atoms with Crippen molar-refractivity contribution < 1.29 is 27.9 Å². The van der Waals surface area contributed by atoms with Crippen molar-refractivity contribution in [3.05, 3.63) is 35.3 Å². The Hall–Kier alpha value is -3.52. The summed E-state index contributed by atoms with van der Waals surface area (Å²) in [5.74, 6) is -1.95. The molecule has 1 atom stereocenters. The van der Waals surface area contributed by atoms with Gasteiger partial charge < -0.3 is 15.0 Å². The Morgan fingerprint density at radius 3 is 2.63 bits per heavy atom. The van der Waals surface area contributed by atoms with Crippen molar-refractivity contribution in [2.24, 2.45) is 0 Å². The number of cyclic esters (lactones) is 1. The van der Waals surface area contributed by atoms with Gasteiger partial charge in [-0.1, -0.05) is 0 Å². The molecule has 1 fully saturated rings. The highest BCUT2D eigenvalue weighted by atomic mass is 32.1. The van der Waals surface area contributed by atoms with E-state index in [0.29, 0.717) is 11.7 Å². The van der Waals surface area contributed by atoms with Crippen molar-refractivity contribution in [3.8, 4) is 0 Å². The standard InChI is InChI=1S/C21H27F2N7O4S/c1-4-29(7-5-26-28(3)20(32)27-19-24-6-8-35-19)18-16(22)9-14(10-17(18)23)30-12-15(34-21(30)33)11-25-13(2)31/h6,8-10,15,26H,4-5,7,11-12H2,1-3H3,(H,25,31)(H,24,27,32)/t15-/m0/s1. The number of urea groups is 1. The summed E-state index contributed by atoms with van der Waals surface area (Å²) in [5, 5.41) is 8.56. The topological polar surface area (TPSA) is 119 Å². The molecule has 0 radical (unpaired) electrons. The maximum absolute atomic E-state index is 15.0. The third-order valence-corrected chi connectivity index (χ3v) is 5.83. The molecular weight excluding hydrogens is 484 g/mol. The summed E-state index contributed by atoms with van der Waals surface area (Å²) in [7, 11) is 1.52. The molecule has 4 amide bonds. The second-order valence-corrected chi connectivity index (χ2v) is 8.52. The van der Waals surface area contributed by atoms with Crippen LogP contribution >= 0.6 is 11.3 Å². The fourth-order valence-electron chi connectivity index (χ4n) is 3.42. The number of rotatable bonds is 10. The van der Waals surface area contributed by atoms with E-state index in [9.17, 15) is 23.2 Å². The maximum atomic E-state index is 15.0. The smallest absolute Gasteiger partial charge is 0.414 e. The molecule has 14 heteroatoms. The molecule has 11 nitrogen and oxygen atoms in total. The predicted molar refractivity (Wildman–Crippen MR) is 127 cm³/mol. The third-order valence-electron chi connectivity index (χ3n) is 5.15. The summed E-state index contributed by atoms with van der Waals surface area (Å²) in [5.41, 5.74) is 2.65. The van der Waals surface area contributed by atoms with Gasteiger partial charge in [-0.2, -0.15) is 0 Å². The van der Waals surface area contributed by atoms with E-state index in [1.165, 1.54) is 35.2 Å². The van der Waals surface area contributed by atoms with Crippen molar-refractivity contribution in [3.63, 3.8) is 0 Å². The molecule has 0 spiro atoms. The van der Waals surface area contributed by atoms with Crippen molar-refractivity contribution in [2.75, 3.05) is 54.9 Å². The van der Waals surface area contributed by atoms with Gasteiger partial charge in [-0.25, -0.2) is 28.8 Å². The highest BCUT2D eigenvalue weighted by Crippen LogP contribution is 2.31. The van der Waals surface area contributed by atoms with Crippen LogP contribution in [-0.4, -0.2) is 73.9 Å². The van der Waals surface area contributed by atoms with Crippen LogP contribution in [0.2, 0.25) is 0 Å². The number of hydrazine groups is 1. The first-order valence-electron chi connectivity index (χ1n) is 10.8. The number of nitrogens with zero attached hydrogens (tertiary/aromatic N) is 4. The Morgan fingerprint density at radius 1 is 1.31 bits per heavy atom. The zero-order chi connectivity index (χ0) is 25.5. The lowest BCUT2D eigenvalue weighted by Gasteiger charge is -2.27. The van der Waals surface area contributed by atoms with Crippen LogP contribution in [0.1, 0.15) is 13.8 Å². The number of thiazole rings is 1. The van der Waals surface area contributed by atoms with Gasteiger partial charge in [0.1, 0.15) is 11.8 Å². The van der Waals surface area contributed by atoms with Gasteiger partial charge >= 0.3 is 12.1 Å². The predicted octanol–water partition coefficient (Wildman–Crippen LogP) is 2.38. The number of amides is 4. The number of ether oxygens (including phenoxy) is 1. The van der Waals surface area contributed by atoms with E-state index in [0.717, 1.165) is 17.0 Å². The Labute approximate surface area is 205 Å². The number of hydrogen-bond acceptors (Lipinski definition) is 8. The zero-order valence-corrected chi connectivity index (χ0v) is 20.3. The summed E-state index contributed by atoms with van der Waals surface area (Å²) >= 11 is 1.28. The lowest BCUT2D eigenvalue weighted by atomic mass is 10.2. The van der Waals surface area contributed by atoms with Crippen LogP contribution in [0.4, 0.5) is 34.9 Å². The monoisotopic (exact) mass is 511 g/mol. The van der Waals surface area contributed by atoms with Crippen LogP contribution in [-0.2, 0) is 9.53 Å². The van der Waals surface area contributed by atoms with Crippen LogP contribution in [0.3, 0.4) is 0 Å². The largest absolute Gasteiger partial charge is 0.442 e. The Morgan fingerprint density at radius 2 is 2.03 bits per heavy atom. The summed E-state index contributed by atoms with van der Waals surface area (Å²) in [6, 6.07) is 1.72. The molecule has 1 aliphatic rings. The number of carbonyl (C=O) groups excluding carboxylic acids is 3. The molecule has 1 aliphatic heterocycles. The minimum Gasteiger partial charge on any atom is -0.442 e. The van der Waals surface area contributed by atoms with E-state index >= 15 is 0 Å². The molecule has 0 unspecified atom stereocenters. The molecule has 2 aromatic rings. The van der Waals surface area contributed by atoms with Gasteiger partial charge in [0, 0.05) is 57.3 Å². The van der Waals surface area contributed by atoms with Gasteiger partial charge in [0.05, 0.1) is 18.8 Å². The number of nitrogens with one attached hydrogen (secondary N) is 3. The summed E-state index contributed by atoms with van der Waals surface area (Å²) in [4.78, 5) is 42.0. The Bertz CT molecular complexity index is 1030. The van der Waals surface area contributed by atoms with Gasteiger partial charge in [-0.15, -0.1) is 11.3 Å². The van der Waals surface area contributed by atoms with Crippen molar-refractivity contribution in [1.82, 2.24) is 20.7 Å². The number of hydrogen-bond donors (Lipinski definition) is 3. The average Bonchev–Trinajstić information content (AvgIpc) is 3.45. The highest BCUT2D eigenvalue weighted by molar-refractivity contribution is 7.13. The fraction of sp³-hybridized carbons (Fsp3) is 0.429. The number of carbonyl (C=O) groups is 3. The molecule has 190 valence electrons. The zero-order valence-electron chi connectivity index (χ0n) is 19.5. The van der Waals surface area contributed by atoms with Crippen molar-refractivity contribution in [2.45, 2.75) is 20.0 Å². The number of likely N-dealkylation sites (N-methyl/N-ethyl adjacent to an activating group) is 1.